The van der Waals surface area contributed by atoms with Crippen molar-refractivity contribution in [2.45, 2.75) is 248 Å². The second-order valence-corrected chi connectivity index (χ2v) is 15.6. The molecule has 55 heavy (non-hydrogen) atoms. The summed E-state index contributed by atoms with van der Waals surface area (Å²) in [6.45, 7) is 1.81. The summed E-state index contributed by atoms with van der Waals surface area (Å²) < 4.78 is 193. The van der Waals surface area contributed by atoms with Gasteiger partial charge in [-0.1, -0.05) is 193 Å². The molecule has 0 aromatic carbocycles. The van der Waals surface area contributed by atoms with Crippen molar-refractivity contribution in [3.63, 3.8) is 0 Å². The summed E-state index contributed by atoms with van der Waals surface area (Å²) in [5, 5.41) is 0. The van der Waals surface area contributed by atoms with Crippen LogP contribution in [0.1, 0.15) is 212 Å². The lowest BCUT2D eigenvalue weighted by Gasteiger charge is -2.42. The molecule has 0 amide bonds. The molecule has 0 rings (SSSR count). The lowest BCUT2D eigenvalue weighted by atomic mass is 9.82. The first-order chi connectivity index (χ1) is 25.8. The third-order valence-corrected chi connectivity index (χ3v) is 10.8. The highest BCUT2D eigenvalue weighted by molar-refractivity contribution is 5.11. The average Bonchev–Trinajstić information content (AvgIpc) is 3.11. The van der Waals surface area contributed by atoms with Gasteiger partial charge in [0.25, 0.3) is 0 Å². The van der Waals surface area contributed by atoms with Gasteiger partial charge in [-0.15, -0.1) is 0 Å². The van der Waals surface area contributed by atoms with E-state index in [-0.39, 0.29) is 25.7 Å². The zero-order valence-corrected chi connectivity index (χ0v) is 33.2. The SMILES string of the molecule is CCCCCCCCCCCCCCCCCCCCCCC(CCCCCCCCCCCCF)C(F)(F)C(F)(F)C(F)(F)C(F)(F)C(F)(F)C(F)(F)F. The zero-order valence-electron chi connectivity index (χ0n) is 33.2. The molecule has 14 heteroatoms. The van der Waals surface area contributed by atoms with Gasteiger partial charge in [0, 0.05) is 5.92 Å². The van der Waals surface area contributed by atoms with Gasteiger partial charge in [-0.3, -0.25) is 4.39 Å². The van der Waals surface area contributed by atoms with Gasteiger partial charge in [-0.05, 0) is 19.3 Å². The minimum Gasteiger partial charge on any atom is -0.251 e. The molecule has 0 bridgehead atoms. The average molecular weight is 829 g/mol. The molecule has 0 aromatic rings. The van der Waals surface area contributed by atoms with E-state index in [9.17, 15) is 52.7 Å². The Balaban J connectivity index is 4.91. The normalized spacial score (nSPS) is 14.2. The molecule has 1 atom stereocenters. The smallest absolute Gasteiger partial charge is 0.251 e. The van der Waals surface area contributed by atoms with Crippen LogP contribution in [0.2, 0.25) is 0 Å². The summed E-state index contributed by atoms with van der Waals surface area (Å²) in [6.07, 6.45) is 16.9. The van der Waals surface area contributed by atoms with Gasteiger partial charge in [0.15, 0.2) is 0 Å². The maximum absolute atomic E-state index is 15.2. The van der Waals surface area contributed by atoms with Crippen molar-refractivity contribution in [1.82, 2.24) is 0 Å². The molecule has 1 unspecified atom stereocenters. The van der Waals surface area contributed by atoms with E-state index in [0.29, 0.717) is 32.1 Å². The first-order valence-electron chi connectivity index (χ1n) is 21.3. The van der Waals surface area contributed by atoms with Crippen LogP contribution < -0.4 is 0 Å². The Bertz CT molecular complexity index is 904. The summed E-state index contributed by atoms with van der Waals surface area (Å²) in [4.78, 5) is 0. The number of unbranched alkanes of at least 4 members (excludes halogenated alkanes) is 28. The second-order valence-electron chi connectivity index (χ2n) is 15.6. The fourth-order valence-electron chi connectivity index (χ4n) is 7.09. The van der Waals surface area contributed by atoms with Crippen molar-refractivity contribution in [3.8, 4) is 0 Å². The van der Waals surface area contributed by atoms with E-state index < -0.39 is 61.2 Å². The van der Waals surface area contributed by atoms with Crippen LogP contribution in [-0.2, 0) is 0 Å². The van der Waals surface area contributed by atoms with E-state index in [1.807, 2.05) is 0 Å². The minimum absolute atomic E-state index is 0.168. The van der Waals surface area contributed by atoms with E-state index in [0.717, 1.165) is 64.2 Å². The predicted molar refractivity (Wildman–Crippen MR) is 194 cm³/mol. The second kappa shape index (κ2) is 28.4. The van der Waals surface area contributed by atoms with Crippen LogP contribution in [0.25, 0.3) is 0 Å². The van der Waals surface area contributed by atoms with Crippen LogP contribution in [0.15, 0.2) is 0 Å². The molecule has 0 heterocycles. The third-order valence-electron chi connectivity index (χ3n) is 10.8. The van der Waals surface area contributed by atoms with E-state index >= 15 is 8.78 Å². The fourth-order valence-corrected chi connectivity index (χ4v) is 7.09. The first-order valence-corrected chi connectivity index (χ1v) is 21.3. The van der Waals surface area contributed by atoms with Crippen LogP contribution in [0.4, 0.5) is 61.5 Å². The Hall–Kier alpha value is -0.980. The van der Waals surface area contributed by atoms with E-state index in [4.69, 9.17) is 0 Å². The van der Waals surface area contributed by atoms with E-state index in [2.05, 4.69) is 6.92 Å². The number of hydrogen-bond donors (Lipinski definition) is 0. The molecule has 0 nitrogen and oxygen atoms in total. The highest BCUT2D eigenvalue weighted by Gasteiger charge is 2.91. The molecule has 0 radical (unpaired) electrons. The largest absolute Gasteiger partial charge is 0.460 e. The molecule has 0 aliphatic carbocycles. The maximum Gasteiger partial charge on any atom is 0.460 e. The van der Waals surface area contributed by atoms with Crippen molar-refractivity contribution < 1.29 is 61.5 Å². The fraction of sp³-hybridized carbons (Fsp3) is 1.00. The van der Waals surface area contributed by atoms with E-state index in [1.54, 1.807) is 0 Å². The molecule has 0 saturated carbocycles. The van der Waals surface area contributed by atoms with Crippen molar-refractivity contribution in [1.29, 1.82) is 0 Å². The van der Waals surface area contributed by atoms with Crippen LogP contribution in [0, 0.1) is 5.92 Å². The molecule has 0 saturated heterocycles. The van der Waals surface area contributed by atoms with Gasteiger partial charge >= 0.3 is 35.8 Å². The summed E-state index contributed by atoms with van der Waals surface area (Å²) in [5.74, 6) is -39.2. The summed E-state index contributed by atoms with van der Waals surface area (Å²) in [6, 6.07) is 0. The molecular formula is C41H70F14. The lowest BCUT2D eigenvalue weighted by molar-refractivity contribution is -0.443. The minimum atomic E-state index is -7.87. The summed E-state index contributed by atoms with van der Waals surface area (Å²) in [5.41, 5.74) is 0. The highest BCUT2D eigenvalue weighted by atomic mass is 19.4. The van der Waals surface area contributed by atoms with Crippen LogP contribution in [-0.4, -0.2) is 42.5 Å². The van der Waals surface area contributed by atoms with Gasteiger partial charge in [-0.25, -0.2) is 0 Å². The van der Waals surface area contributed by atoms with Crippen molar-refractivity contribution in [3.05, 3.63) is 0 Å². The first kappa shape index (κ1) is 54.0. The van der Waals surface area contributed by atoms with E-state index in [1.165, 1.54) is 70.6 Å². The number of alkyl halides is 14. The number of rotatable bonds is 38. The molecule has 332 valence electrons. The van der Waals surface area contributed by atoms with Crippen LogP contribution in [0.5, 0.6) is 0 Å². The van der Waals surface area contributed by atoms with Gasteiger partial charge in [0.05, 0.1) is 6.67 Å². The summed E-state index contributed by atoms with van der Waals surface area (Å²) >= 11 is 0. The van der Waals surface area contributed by atoms with Gasteiger partial charge in [0.1, 0.15) is 0 Å². The van der Waals surface area contributed by atoms with Crippen molar-refractivity contribution in [2.75, 3.05) is 6.67 Å². The van der Waals surface area contributed by atoms with Gasteiger partial charge < -0.3 is 0 Å². The summed E-state index contributed by atoms with van der Waals surface area (Å²) in [7, 11) is 0. The Kier molecular flexibility index (Phi) is 27.9. The number of hydrogen-bond acceptors (Lipinski definition) is 0. The Morgan fingerprint density at radius 2 is 0.527 bits per heavy atom. The predicted octanol–water partition coefficient (Wildman–Crippen LogP) is 17.8. The quantitative estimate of drug-likeness (QED) is 0.0430. The molecule has 0 aliphatic heterocycles. The standard InChI is InChI=1S/C41H70F14/c1-2-3-4-5-6-7-8-9-10-11-12-13-14-15-16-17-20-23-26-29-32-35(33-30-27-24-21-18-19-22-25-28-31-34-42)36(43,44)37(45,46)38(47,48)39(49,50)40(51,52)41(53,54)55/h35H,2-34H2,1H3. The monoisotopic (exact) mass is 829 g/mol. The number of halogens is 14. The molecule has 0 spiro atoms. The van der Waals surface area contributed by atoms with Gasteiger partial charge in [0.2, 0.25) is 0 Å². The highest BCUT2D eigenvalue weighted by Crippen LogP contribution is 2.62. The maximum atomic E-state index is 15.2. The topological polar surface area (TPSA) is 0 Å². The van der Waals surface area contributed by atoms with Crippen LogP contribution in [0.3, 0.4) is 0 Å². The molecule has 0 aromatic heterocycles. The Morgan fingerprint density at radius 3 is 0.782 bits per heavy atom. The molecule has 0 fully saturated rings. The molecule has 0 aliphatic rings. The van der Waals surface area contributed by atoms with Gasteiger partial charge in [-0.2, -0.15) is 57.1 Å². The zero-order chi connectivity index (χ0) is 41.9. The Labute approximate surface area is 322 Å². The third kappa shape index (κ3) is 19.1. The molecule has 0 N–H and O–H groups in total. The Morgan fingerprint density at radius 1 is 0.291 bits per heavy atom. The molecular weight excluding hydrogens is 758 g/mol. The van der Waals surface area contributed by atoms with Crippen LogP contribution >= 0.6 is 0 Å². The van der Waals surface area contributed by atoms with Crippen molar-refractivity contribution in [2.24, 2.45) is 5.92 Å². The van der Waals surface area contributed by atoms with Crippen molar-refractivity contribution >= 4 is 0 Å². The lowest BCUT2D eigenvalue weighted by Crippen LogP contribution is -2.71.